The highest BCUT2D eigenvalue weighted by Gasteiger charge is 2.15. The topological polar surface area (TPSA) is 67.4 Å². The van der Waals surface area contributed by atoms with E-state index in [1.165, 1.54) is 12.1 Å². The zero-order valence-corrected chi connectivity index (χ0v) is 18.1. The van der Waals surface area contributed by atoms with Crippen LogP contribution in [0.25, 0.3) is 0 Å². The lowest BCUT2D eigenvalue weighted by Gasteiger charge is -2.17. The Balaban J connectivity index is 1.62. The van der Waals surface area contributed by atoms with Crippen molar-refractivity contribution in [2.45, 2.75) is 13.0 Å². The first-order valence-electron chi connectivity index (χ1n) is 8.92. The molecule has 1 unspecified atom stereocenters. The molecular formula is C22H17Cl3N2O3. The number of carbonyl (C=O) groups excluding carboxylic acids is 2. The standard InChI is InChI=1S/C22H17Cl3N2O3/c1-13(14-6-8-15(23)9-7-14)30-20-11-10-16(12-19(20)25)26-22(29)27-21(28)17-4-2-3-5-18(17)24/h2-13H,1H3,(H2,26,27,28,29). The zero-order valence-electron chi connectivity index (χ0n) is 15.8. The van der Waals surface area contributed by atoms with Gasteiger partial charge in [-0.3, -0.25) is 10.1 Å². The molecule has 0 saturated heterocycles. The summed E-state index contributed by atoms with van der Waals surface area (Å²) in [5.74, 6) is -0.154. The molecule has 0 aliphatic rings. The summed E-state index contributed by atoms with van der Waals surface area (Å²) in [5, 5.41) is 5.98. The monoisotopic (exact) mass is 462 g/mol. The molecule has 0 aromatic heterocycles. The molecule has 0 heterocycles. The third-order valence-corrected chi connectivity index (χ3v) is 5.06. The van der Waals surface area contributed by atoms with Gasteiger partial charge >= 0.3 is 6.03 Å². The fourth-order valence-electron chi connectivity index (χ4n) is 2.64. The van der Waals surface area contributed by atoms with Gasteiger partial charge in [0.2, 0.25) is 0 Å². The van der Waals surface area contributed by atoms with Crippen LogP contribution in [0, 0.1) is 0 Å². The fourth-order valence-corrected chi connectivity index (χ4v) is 3.22. The smallest absolute Gasteiger partial charge is 0.326 e. The molecule has 30 heavy (non-hydrogen) atoms. The number of ether oxygens (including phenoxy) is 1. The van der Waals surface area contributed by atoms with Gasteiger partial charge in [-0.2, -0.15) is 0 Å². The molecule has 3 aromatic rings. The first-order chi connectivity index (χ1) is 14.3. The summed E-state index contributed by atoms with van der Waals surface area (Å²) in [7, 11) is 0. The number of amides is 3. The van der Waals surface area contributed by atoms with Crippen LogP contribution in [0.3, 0.4) is 0 Å². The van der Waals surface area contributed by atoms with E-state index in [4.69, 9.17) is 39.5 Å². The van der Waals surface area contributed by atoms with Crippen LogP contribution < -0.4 is 15.4 Å². The number of halogens is 3. The Hall–Kier alpha value is -2.73. The lowest BCUT2D eigenvalue weighted by Crippen LogP contribution is -2.34. The number of anilines is 1. The number of imide groups is 1. The SMILES string of the molecule is CC(Oc1ccc(NC(=O)NC(=O)c2ccccc2Cl)cc1Cl)c1ccc(Cl)cc1. The van der Waals surface area contributed by atoms with E-state index in [-0.39, 0.29) is 16.7 Å². The van der Waals surface area contributed by atoms with Crippen molar-refractivity contribution in [3.8, 4) is 5.75 Å². The Morgan fingerprint density at radius 3 is 2.27 bits per heavy atom. The predicted molar refractivity (Wildman–Crippen MR) is 120 cm³/mol. The summed E-state index contributed by atoms with van der Waals surface area (Å²) in [6, 6.07) is 17.8. The number of hydrogen-bond donors (Lipinski definition) is 2. The first kappa shape index (κ1) is 22.0. The minimum atomic E-state index is -0.709. The molecule has 0 fully saturated rings. The summed E-state index contributed by atoms with van der Waals surface area (Å²) >= 11 is 18.2. The maximum absolute atomic E-state index is 12.2. The van der Waals surface area contributed by atoms with Gasteiger partial charge in [0, 0.05) is 10.7 Å². The van der Waals surface area contributed by atoms with E-state index < -0.39 is 11.9 Å². The van der Waals surface area contributed by atoms with E-state index in [1.807, 2.05) is 19.1 Å². The maximum atomic E-state index is 12.2. The van der Waals surface area contributed by atoms with Gasteiger partial charge in [-0.05, 0) is 55.0 Å². The molecule has 3 aromatic carbocycles. The Bertz CT molecular complexity index is 1070. The van der Waals surface area contributed by atoms with Gasteiger partial charge in [0.05, 0.1) is 15.6 Å². The lowest BCUT2D eigenvalue weighted by molar-refractivity contribution is 0.0967. The van der Waals surface area contributed by atoms with Crippen LogP contribution in [-0.4, -0.2) is 11.9 Å². The second-order valence-corrected chi connectivity index (χ2v) is 7.60. The second-order valence-electron chi connectivity index (χ2n) is 6.34. The van der Waals surface area contributed by atoms with Crippen LogP contribution in [0.5, 0.6) is 5.75 Å². The van der Waals surface area contributed by atoms with Gasteiger partial charge in [-0.1, -0.05) is 59.1 Å². The molecule has 3 rings (SSSR count). The summed E-state index contributed by atoms with van der Waals surface area (Å²) < 4.78 is 5.89. The predicted octanol–water partition coefficient (Wildman–Crippen LogP) is 6.75. The molecule has 8 heteroatoms. The van der Waals surface area contributed by atoms with Crippen LogP contribution >= 0.6 is 34.8 Å². The minimum Gasteiger partial charge on any atom is -0.484 e. The number of urea groups is 1. The molecule has 154 valence electrons. The molecule has 2 N–H and O–H groups in total. The lowest BCUT2D eigenvalue weighted by atomic mass is 10.1. The Morgan fingerprint density at radius 2 is 1.60 bits per heavy atom. The molecule has 0 spiro atoms. The Morgan fingerprint density at radius 1 is 0.900 bits per heavy atom. The second kappa shape index (κ2) is 9.85. The summed E-state index contributed by atoms with van der Waals surface area (Å²) in [6.45, 7) is 1.89. The van der Waals surface area contributed by atoms with Crippen molar-refractivity contribution in [3.05, 3.63) is 92.9 Å². The Labute approximate surface area is 188 Å². The number of benzene rings is 3. The van der Waals surface area contributed by atoms with Crippen molar-refractivity contribution in [3.63, 3.8) is 0 Å². The van der Waals surface area contributed by atoms with Gasteiger partial charge < -0.3 is 10.1 Å². The van der Waals surface area contributed by atoms with Crippen LogP contribution in [-0.2, 0) is 0 Å². The van der Waals surface area contributed by atoms with Crippen LogP contribution in [0.1, 0.15) is 28.9 Å². The molecule has 5 nitrogen and oxygen atoms in total. The summed E-state index contributed by atoms with van der Waals surface area (Å²) in [5.41, 5.74) is 1.54. The number of rotatable bonds is 5. The fraction of sp³-hybridized carbons (Fsp3) is 0.0909. The molecule has 0 radical (unpaired) electrons. The van der Waals surface area contributed by atoms with Crippen molar-refractivity contribution in [1.82, 2.24) is 5.32 Å². The largest absolute Gasteiger partial charge is 0.484 e. The number of nitrogens with one attached hydrogen (secondary N) is 2. The van der Waals surface area contributed by atoms with Gasteiger partial charge in [0.25, 0.3) is 5.91 Å². The van der Waals surface area contributed by atoms with Gasteiger partial charge in [0.15, 0.2) is 0 Å². The van der Waals surface area contributed by atoms with E-state index in [1.54, 1.807) is 42.5 Å². The van der Waals surface area contributed by atoms with Crippen molar-refractivity contribution in [2.24, 2.45) is 0 Å². The van der Waals surface area contributed by atoms with Gasteiger partial charge in [-0.25, -0.2) is 4.79 Å². The van der Waals surface area contributed by atoms with Crippen molar-refractivity contribution in [1.29, 1.82) is 0 Å². The quantitative estimate of drug-likeness (QED) is 0.440. The highest BCUT2D eigenvalue weighted by molar-refractivity contribution is 6.34. The number of hydrogen-bond acceptors (Lipinski definition) is 3. The zero-order chi connectivity index (χ0) is 21.7. The first-order valence-corrected chi connectivity index (χ1v) is 10.1. The van der Waals surface area contributed by atoms with Gasteiger partial charge in [-0.15, -0.1) is 0 Å². The van der Waals surface area contributed by atoms with Gasteiger partial charge in [0.1, 0.15) is 11.9 Å². The molecule has 0 aliphatic carbocycles. The van der Waals surface area contributed by atoms with Crippen molar-refractivity contribution in [2.75, 3.05) is 5.32 Å². The highest BCUT2D eigenvalue weighted by Crippen LogP contribution is 2.31. The normalized spacial score (nSPS) is 11.5. The Kier molecular flexibility index (Phi) is 7.21. The highest BCUT2D eigenvalue weighted by atomic mass is 35.5. The molecular weight excluding hydrogens is 447 g/mol. The summed E-state index contributed by atoms with van der Waals surface area (Å²) in [4.78, 5) is 24.3. The third-order valence-electron chi connectivity index (χ3n) is 4.18. The molecule has 0 aliphatic heterocycles. The van der Waals surface area contributed by atoms with E-state index in [2.05, 4.69) is 10.6 Å². The molecule has 0 bridgehead atoms. The molecule has 0 saturated carbocycles. The molecule has 1 atom stereocenters. The molecule has 3 amide bonds. The average Bonchev–Trinajstić information content (AvgIpc) is 2.70. The average molecular weight is 464 g/mol. The maximum Gasteiger partial charge on any atom is 0.326 e. The summed E-state index contributed by atoms with van der Waals surface area (Å²) in [6.07, 6.45) is -0.255. The van der Waals surface area contributed by atoms with Crippen LogP contribution in [0.15, 0.2) is 66.7 Å². The minimum absolute atomic E-state index is 0.201. The van der Waals surface area contributed by atoms with E-state index in [0.717, 1.165) is 5.56 Å². The number of carbonyl (C=O) groups is 2. The van der Waals surface area contributed by atoms with Crippen LogP contribution in [0.4, 0.5) is 10.5 Å². The third kappa shape index (κ3) is 5.66. The van der Waals surface area contributed by atoms with E-state index >= 15 is 0 Å². The van der Waals surface area contributed by atoms with E-state index in [0.29, 0.717) is 21.5 Å². The van der Waals surface area contributed by atoms with Crippen LogP contribution in [0.2, 0.25) is 15.1 Å². The van der Waals surface area contributed by atoms with Crippen molar-refractivity contribution < 1.29 is 14.3 Å². The van der Waals surface area contributed by atoms with E-state index in [9.17, 15) is 9.59 Å². The van der Waals surface area contributed by atoms with Crippen molar-refractivity contribution >= 4 is 52.4 Å².